The molecule has 1 heterocycles. The van der Waals surface area contributed by atoms with Gasteiger partial charge in [0, 0.05) is 12.7 Å². The number of nitrogen functional groups attached to an aromatic ring is 1. The van der Waals surface area contributed by atoms with E-state index in [-0.39, 0.29) is 12.4 Å². The minimum Gasteiger partial charge on any atom is -0.395 e. The summed E-state index contributed by atoms with van der Waals surface area (Å²) in [4.78, 5) is 16.1. The summed E-state index contributed by atoms with van der Waals surface area (Å²) < 4.78 is 38.4. The van der Waals surface area contributed by atoms with Crippen LogP contribution in [0.5, 0.6) is 0 Å². The molecule has 0 spiro atoms. The zero-order chi connectivity index (χ0) is 14.4. The zero-order valence-corrected chi connectivity index (χ0v) is 9.81. The highest BCUT2D eigenvalue weighted by molar-refractivity contribution is 5.95. The Balaban J connectivity index is 3.02. The van der Waals surface area contributed by atoms with E-state index in [4.69, 9.17) is 10.9 Å². The minimum absolute atomic E-state index is 0.323. The van der Waals surface area contributed by atoms with Gasteiger partial charge in [0.1, 0.15) is 0 Å². The van der Waals surface area contributed by atoms with Crippen molar-refractivity contribution >= 4 is 11.7 Å². The highest BCUT2D eigenvalue weighted by atomic mass is 19.3. The van der Waals surface area contributed by atoms with Gasteiger partial charge in [-0.15, -0.1) is 0 Å². The van der Waals surface area contributed by atoms with Gasteiger partial charge in [-0.25, -0.2) is 24.0 Å². The Hall–Kier alpha value is -1.87. The van der Waals surface area contributed by atoms with Gasteiger partial charge in [-0.1, -0.05) is 0 Å². The molecule has 6 nitrogen and oxygen atoms in total. The van der Waals surface area contributed by atoms with Gasteiger partial charge < -0.3 is 15.4 Å². The quantitative estimate of drug-likeness (QED) is 0.511. The van der Waals surface area contributed by atoms with Crippen molar-refractivity contribution < 1.29 is 23.1 Å². The molecule has 0 radical (unpaired) electrons. The molecule has 0 fully saturated rings. The predicted molar refractivity (Wildman–Crippen MR) is 61.0 cm³/mol. The normalized spacial score (nSPS) is 10.6. The van der Waals surface area contributed by atoms with E-state index in [2.05, 4.69) is 4.98 Å². The van der Waals surface area contributed by atoms with Crippen LogP contribution in [0.1, 0.15) is 10.4 Å². The average molecular weight is 278 g/mol. The number of hydrogen-bond donors (Lipinski definition) is 3. The number of nitrogens with zero attached hydrogens (tertiary/aromatic N) is 2. The molecule has 19 heavy (non-hydrogen) atoms. The smallest absolute Gasteiger partial charge is 0.257 e. The Labute approximate surface area is 107 Å². The Morgan fingerprint density at radius 1 is 1.58 bits per heavy atom. The first-order valence-electron chi connectivity index (χ1n) is 5.30. The van der Waals surface area contributed by atoms with Crippen LogP contribution in [0, 0.1) is 5.82 Å². The van der Waals surface area contributed by atoms with E-state index in [0.29, 0.717) is 4.90 Å². The second-order valence-corrected chi connectivity index (χ2v) is 3.53. The molecular weight excluding hydrogens is 265 g/mol. The molecule has 0 saturated carbocycles. The summed E-state index contributed by atoms with van der Waals surface area (Å²) in [5.74, 6) is 2.63. The Morgan fingerprint density at radius 2 is 2.26 bits per heavy atom. The van der Waals surface area contributed by atoms with Crippen molar-refractivity contribution in [1.82, 2.24) is 9.88 Å². The van der Waals surface area contributed by atoms with E-state index >= 15 is 0 Å². The lowest BCUT2D eigenvalue weighted by Crippen LogP contribution is -2.37. The predicted octanol–water partition coefficient (Wildman–Crippen LogP) is 0.206. The largest absolute Gasteiger partial charge is 0.395 e. The molecule has 4 N–H and O–H groups in total. The lowest BCUT2D eigenvalue weighted by Gasteiger charge is -2.21. The van der Waals surface area contributed by atoms with Crippen molar-refractivity contribution in [3.8, 4) is 0 Å². The number of hydrogen-bond acceptors (Lipinski definition) is 5. The molecule has 9 heteroatoms. The summed E-state index contributed by atoms with van der Waals surface area (Å²) in [6.07, 6.45) is -1.67. The second-order valence-electron chi connectivity index (χ2n) is 3.53. The highest BCUT2D eigenvalue weighted by Gasteiger charge is 2.23. The average Bonchev–Trinajstić information content (AvgIpc) is 2.37. The van der Waals surface area contributed by atoms with E-state index in [1.807, 2.05) is 5.43 Å². The molecule has 0 atom stereocenters. The van der Waals surface area contributed by atoms with Crippen molar-refractivity contribution in [3.05, 3.63) is 23.6 Å². The fourth-order valence-electron chi connectivity index (χ4n) is 1.44. The van der Waals surface area contributed by atoms with Crippen LogP contribution in [0.3, 0.4) is 0 Å². The van der Waals surface area contributed by atoms with Crippen molar-refractivity contribution in [2.75, 3.05) is 25.1 Å². The number of aliphatic hydroxyl groups excluding tert-OH is 1. The summed E-state index contributed by atoms with van der Waals surface area (Å²) in [5.41, 5.74) is 1.50. The molecule has 1 aromatic rings. The number of hydrazine groups is 1. The van der Waals surface area contributed by atoms with E-state index in [1.54, 1.807) is 0 Å². The molecule has 1 rings (SSSR count). The summed E-state index contributed by atoms with van der Waals surface area (Å²) in [6, 6.07) is 1.05. The Kier molecular flexibility index (Phi) is 5.52. The second kappa shape index (κ2) is 6.90. The fraction of sp³-hybridized carbons (Fsp3) is 0.400. The fourth-order valence-corrected chi connectivity index (χ4v) is 1.44. The third-order valence-corrected chi connectivity index (χ3v) is 2.27. The maximum Gasteiger partial charge on any atom is 0.257 e. The number of alkyl halides is 2. The Morgan fingerprint density at radius 3 is 2.79 bits per heavy atom. The molecule has 0 aliphatic rings. The number of carbonyl (C=O) groups excluding carboxylic acids is 1. The van der Waals surface area contributed by atoms with Gasteiger partial charge in [0.2, 0.25) is 0 Å². The first kappa shape index (κ1) is 15.2. The molecule has 0 aliphatic carbocycles. The maximum absolute atomic E-state index is 13.8. The lowest BCUT2D eigenvalue weighted by atomic mass is 10.2. The summed E-state index contributed by atoms with van der Waals surface area (Å²) in [5, 5.41) is 8.74. The van der Waals surface area contributed by atoms with Crippen LogP contribution in [0.2, 0.25) is 0 Å². The first-order chi connectivity index (χ1) is 9.01. The number of rotatable bonds is 6. The van der Waals surface area contributed by atoms with Gasteiger partial charge in [0.05, 0.1) is 18.7 Å². The number of nitrogens with two attached hydrogens (primary N) is 1. The van der Waals surface area contributed by atoms with Crippen molar-refractivity contribution in [3.63, 3.8) is 0 Å². The van der Waals surface area contributed by atoms with Gasteiger partial charge in [0.25, 0.3) is 12.3 Å². The van der Waals surface area contributed by atoms with Crippen molar-refractivity contribution in [2.24, 2.45) is 5.84 Å². The third kappa shape index (κ3) is 3.80. The van der Waals surface area contributed by atoms with Gasteiger partial charge in [-0.3, -0.25) is 4.79 Å². The van der Waals surface area contributed by atoms with Crippen LogP contribution in [-0.2, 0) is 0 Å². The number of halogens is 3. The van der Waals surface area contributed by atoms with Crippen LogP contribution in [0.4, 0.5) is 19.0 Å². The zero-order valence-electron chi connectivity index (χ0n) is 9.81. The van der Waals surface area contributed by atoms with Crippen molar-refractivity contribution in [2.45, 2.75) is 6.43 Å². The number of aliphatic hydroxyl groups is 1. The molecule has 0 saturated heterocycles. The lowest BCUT2D eigenvalue weighted by molar-refractivity contribution is 0.0505. The first-order valence-corrected chi connectivity index (χ1v) is 5.30. The minimum atomic E-state index is -2.78. The highest BCUT2D eigenvalue weighted by Crippen LogP contribution is 2.16. The van der Waals surface area contributed by atoms with E-state index in [9.17, 15) is 18.0 Å². The third-order valence-electron chi connectivity index (χ3n) is 2.27. The molecule has 1 aromatic heterocycles. The molecule has 0 bridgehead atoms. The number of aromatic nitrogens is 1. The van der Waals surface area contributed by atoms with Gasteiger partial charge in [-0.2, -0.15) is 0 Å². The summed E-state index contributed by atoms with van der Waals surface area (Å²) >= 11 is 0. The molecule has 0 unspecified atom stereocenters. The standard InChI is InChI=1S/C10H13F3N4O2/c11-7(12)5-17(3-4-18)10(19)6-1-2-15-9(16-14)8(6)13/h1-2,7,18H,3-5,14H2,(H,15,16). The molecule has 0 aliphatic heterocycles. The van der Waals surface area contributed by atoms with Crippen LogP contribution >= 0.6 is 0 Å². The van der Waals surface area contributed by atoms with E-state index < -0.39 is 36.9 Å². The van der Waals surface area contributed by atoms with Crippen LogP contribution < -0.4 is 11.3 Å². The van der Waals surface area contributed by atoms with Gasteiger partial charge in [-0.05, 0) is 6.07 Å². The molecular formula is C10H13F3N4O2. The monoisotopic (exact) mass is 278 g/mol. The van der Waals surface area contributed by atoms with E-state index in [1.165, 1.54) is 0 Å². The van der Waals surface area contributed by atoms with Crippen LogP contribution in [0.15, 0.2) is 12.3 Å². The number of carbonyl (C=O) groups is 1. The maximum atomic E-state index is 13.8. The molecule has 106 valence electrons. The van der Waals surface area contributed by atoms with E-state index in [0.717, 1.165) is 12.3 Å². The number of pyridine rings is 1. The van der Waals surface area contributed by atoms with Crippen LogP contribution in [0.25, 0.3) is 0 Å². The summed E-state index contributed by atoms with van der Waals surface area (Å²) in [7, 11) is 0. The molecule has 1 amide bonds. The number of anilines is 1. The Bertz CT molecular complexity index is 445. The van der Waals surface area contributed by atoms with Crippen LogP contribution in [-0.4, -0.2) is 47.0 Å². The van der Waals surface area contributed by atoms with Crippen molar-refractivity contribution in [1.29, 1.82) is 0 Å². The summed E-state index contributed by atoms with van der Waals surface area (Å²) in [6.45, 7) is -1.73. The number of nitrogens with one attached hydrogen (secondary N) is 1. The topological polar surface area (TPSA) is 91.5 Å². The van der Waals surface area contributed by atoms with Gasteiger partial charge >= 0.3 is 0 Å². The molecule has 0 aromatic carbocycles. The number of amides is 1. The van der Waals surface area contributed by atoms with Gasteiger partial charge in [0.15, 0.2) is 11.6 Å². The SMILES string of the molecule is NNc1nccc(C(=O)N(CCO)CC(F)F)c1F.